The van der Waals surface area contributed by atoms with Gasteiger partial charge >= 0.3 is 0 Å². The molecule has 2 heterocycles. The van der Waals surface area contributed by atoms with Crippen molar-refractivity contribution in [1.29, 1.82) is 0 Å². The van der Waals surface area contributed by atoms with Crippen LogP contribution < -0.4 is 4.74 Å². The van der Waals surface area contributed by atoms with Crippen LogP contribution in [0.2, 0.25) is 0 Å². The lowest BCUT2D eigenvalue weighted by atomic mass is 9.99. The zero-order valence-corrected chi connectivity index (χ0v) is 9.55. The van der Waals surface area contributed by atoms with Gasteiger partial charge in [0.25, 0.3) is 0 Å². The fourth-order valence-corrected chi connectivity index (χ4v) is 2.40. The topological polar surface area (TPSA) is 31.0 Å². The molecule has 2 saturated heterocycles. The molecular weight excluding hydrogens is 204 g/mol. The second kappa shape index (κ2) is 3.75. The van der Waals surface area contributed by atoms with E-state index in [9.17, 15) is 0 Å². The van der Waals surface area contributed by atoms with Crippen molar-refractivity contribution in [2.75, 3.05) is 7.11 Å². The maximum Gasteiger partial charge on any atom is 0.118 e. The van der Waals surface area contributed by atoms with Gasteiger partial charge in [-0.2, -0.15) is 0 Å². The molecule has 3 nitrogen and oxygen atoms in total. The summed E-state index contributed by atoms with van der Waals surface area (Å²) in [4.78, 5) is 0. The van der Waals surface area contributed by atoms with Gasteiger partial charge in [-0.1, -0.05) is 12.1 Å². The van der Waals surface area contributed by atoms with Crippen molar-refractivity contribution in [3.05, 3.63) is 29.8 Å². The molecule has 16 heavy (non-hydrogen) atoms. The van der Waals surface area contributed by atoms with E-state index in [2.05, 4.69) is 19.1 Å². The Kier molecular flexibility index (Phi) is 2.37. The Bertz CT molecular complexity index is 373. The maximum absolute atomic E-state index is 5.93. The molecule has 3 heteroatoms. The van der Waals surface area contributed by atoms with Gasteiger partial charge < -0.3 is 14.2 Å². The highest BCUT2D eigenvalue weighted by Crippen LogP contribution is 2.42. The van der Waals surface area contributed by atoms with Gasteiger partial charge in [-0.25, -0.2) is 0 Å². The van der Waals surface area contributed by atoms with Crippen LogP contribution in [-0.2, 0) is 9.47 Å². The third kappa shape index (κ3) is 1.70. The van der Waals surface area contributed by atoms with Gasteiger partial charge in [-0.3, -0.25) is 0 Å². The molecule has 2 aliphatic heterocycles. The summed E-state index contributed by atoms with van der Waals surface area (Å²) in [6.45, 7) is 2.08. The lowest BCUT2D eigenvalue weighted by Crippen LogP contribution is -2.27. The number of fused-ring (bicyclic) bond motifs is 1. The minimum absolute atomic E-state index is 0.171. The van der Waals surface area contributed by atoms with Crippen LogP contribution in [0.5, 0.6) is 5.75 Å². The maximum atomic E-state index is 5.93. The number of hydrogen-bond donors (Lipinski definition) is 0. The van der Waals surface area contributed by atoms with E-state index in [-0.39, 0.29) is 12.2 Å². The van der Waals surface area contributed by atoms with Crippen LogP contribution in [0, 0.1) is 0 Å². The van der Waals surface area contributed by atoms with Crippen LogP contribution in [0.4, 0.5) is 0 Å². The Morgan fingerprint density at radius 1 is 1.19 bits per heavy atom. The van der Waals surface area contributed by atoms with E-state index in [1.165, 1.54) is 5.56 Å². The van der Waals surface area contributed by atoms with Crippen molar-refractivity contribution < 1.29 is 14.2 Å². The molecule has 0 spiro atoms. The molecular formula is C13H16O3. The summed E-state index contributed by atoms with van der Waals surface area (Å²) in [5.74, 6) is 0.883. The summed E-state index contributed by atoms with van der Waals surface area (Å²) >= 11 is 0. The predicted octanol–water partition coefficient (Wildman–Crippen LogP) is 2.31. The lowest BCUT2D eigenvalue weighted by molar-refractivity contribution is -0.0290. The fourth-order valence-electron chi connectivity index (χ4n) is 2.40. The third-order valence-electron chi connectivity index (χ3n) is 3.40. The quantitative estimate of drug-likeness (QED) is 0.717. The largest absolute Gasteiger partial charge is 0.497 e. The van der Waals surface area contributed by atoms with Crippen molar-refractivity contribution in [3.63, 3.8) is 0 Å². The molecule has 0 unspecified atom stereocenters. The first-order valence-corrected chi connectivity index (χ1v) is 5.73. The average Bonchev–Trinajstić information content (AvgIpc) is 3.09. The normalized spacial score (nSPS) is 36.6. The van der Waals surface area contributed by atoms with Crippen LogP contribution in [-0.4, -0.2) is 25.4 Å². The Hall–Kier alpha value is -1.06. The number of benzene rings is 1. The highest BCUT2D eigenvalue weighted by Gasteiger charge is 2.49. The van der Waals surface area contributed by atoms with Crippen molar-refractivity contribution in [2.24, 2.45) is 0 Å². The van der Waals surface area contributed by atoms with Crippen LogP contribution >= 0.6 is 0 Å². The zero-order chi connectivity index (χ0) is 11.1. The molecule has 0 amide bonds. The summed E-state index contributed by atoms with van der Waals surface area (Å²) in [5, 5.41) is 0. The number of epoxide rings is 1. The van der Waals surface area contributed by atoms with E-state index in [0.717, 1.165) is 12.2 Å². The minimum Gasteiger partial charge on any atom is -0.497 e. The van der Waals surface area contributed by atoms with E-state index in [1.807, 2.05) is 12.1 Å². The van der Waals surface area contributed by atoms with E-state index in [0.29, 0.717) is 12.2 Å². The number of hydrogen-bond acceptors (Lipinski definition) is 3. The first kappa shape index (κ1) is 10.1. The molecule has 0 N–H and O–H groups in total. The standard InChI is InChI=1S/C13H16O3/c1-8-13-12(16-13)7-11(15-8)9-3-5-10(14-2)6-4-9/h3-6,8,11-13H,7H2,1-2H3/t8-,11+,12+,13-/m1/s1. The van der Waals surface area contributed by atoms with Gasteiger partial charge in [0.1, 0.15) is 11.9 Å². The summed E-state index contributed by atoms with van der Waals surface area (Å²) in [7, 11) is 1.68. The van der Waals surface area contributed by atoms with Crippen molar-refractivity contribution in [1.82, 2.24) is 0 Å². The zero-order valence-electron chi connectivity index (χ0n) is 9.55. The third-order valence-corrected chi connectivity index (χ3v) is 3.40. The van der Waals surface area contributed by atoms with Crippen molar-refractivity contribution in [3.8, 4) is 5.75 Å². The average molecular weight is 220 g/mol. The van der Waals surface area contributed by atoms with E-state index in [1.54, 1.807) is 7.11 Å². The molecule has 1 aromatic carbocycles. The van der Waals surface area contributed by atoms with Crippen LogP contribution in [0.3, 0.4) is 0 Å². The van der Waals surface area contributed by atoms with E-state index >= 15 is 0 Å². The Balaban J connectivity index is 1.75. The molecule has 86 valence electrons. The van der Waals surface area contributed by atoms with Gasteiger partial charge in [-0.15, -0.1) is 0 Å². The highest BCUT2D eigenvalue weighted by atomic mass is 16.6. The first-order chi connectivity index (χ1) is 7.78. The molecule has 2 aliphatic rings. The smallest absolute Gasteiger partial charge is 0.118 e. The molecule has 2 fully saturated rings. The molecule has 0 bridgehead atoms. The number of ether oxygens (including phenoxy) is 3. The second-order valence-electron chi connectivity index (χ2n) is 4.48. The molecule has 0 aliphatic carbocycles. The molecule has 0 aromatic heterocycles. The summed E-state index contributed by atoms with van der Waals surface area (Å²) < 4.78 is 16.6. The Labute approximate surface area is 95.3 Å². The second-order valence-corrected chi connectivity index (χ2v) is 4.48. The van der Waals surface area contributed by atoms with E-state index < -0.39 is 0 Å². The van der Waals surface area contributed by atoms with Crippen LogP contribution in [0.15, 0.2) is 24.3 Å². The molecule has 1 aromatic rings. The monoisotopic (exact) mass is 220 g/mol. The number of rotatable bonds is 2. The molecule has 0 radical (unpaired) electrons. The Morgan fingerprint density at radius 3 is 2.56 bits per heavy atom. The SMILES string of the molecule is COc1ccc([C@@H]2C[C@@H]3O[C@@H]3[C@@H](C)O2)cc1. The fraction of sp³-hybridized carbons (Fsp3) is 0.538. The number of methoxy groups -OCH3 is 1. The summed E-state index contributed by atoms with van der Waals surface area (Å²) in [6, 6.07) is 8.09. The lowest BCUT2D eigenvalue weighted by Gasteiger charge is -2.25. The molecule has 4 atom stereocenters. The van der Waals surface area contributed by atoms with Crippen LogP contribution in [0.1, 0.15) is 25.0 Å². The minimum atomic E-state index is 0.171. The molecule has 3 rings (SSSR count). The Morgan fingerprint density at radius 2 is 1.94 bits per heavy atom. The van der Waals surface area contributed by atoms with Crippen LogP contribution in [0.25, 0.3) is 0 Å². The van der Waals surface area contributed by atoms with Gasteiger partial charge in [0.2, 0.25) is 0 Å². The van der Waals surface area contributed by atoms with Gasteiger partial charge in [0.15, 0.2) is 0 Å². The van der Waals surface area contributed by atoms with Gasteiger partial charge in [-0.05, 0) is 24.6 Å². The summed E-state index contributed by atoms with van der Waals surface area (Å²) in [6.07, 6.45) is 2.11. The summed E-state index contributed by atoms with van der Waals surface area (Å²) in [5.41, 5.74) is 1.21. The van der Waals surface area contributed by atoms with Crippen molar-refractivity contribution in [2.45, 2.75) is 37.8 Å². The predicted molar refractivity (Wildman–Crippen MR) is 59.6 cm³/mol. The highest BCUT2D eigenvalue weighted by molar-refractivity contribution is 5.29. The van der Waals surface area contributed by atoms with Crippen molar-refractivity contribution >= 4 is 0 Å². The molecule has 0 saturated carbocycles. The van der Waals surface area contributed by atoms with Gasteiger partial charge in [0.05, 0.1) is 25.4 Å². The van der Waals surface area contributed by atoms with Gasteiger partial charge in [0, 0.05) is 6.42 Å². The first-order valence-electron chi connectivity index (χ1n) is 5.73. The van der Waals surface area contributed by atoms with E-state index in [4.69, 9.17) is 14.2 Å².